The fraction of sp³-hybridized carbons (Fsp3) is 0.286. The maximum atomic E-state index is 12.8. The molecule has 2 aliphatic rings. The number of nitrogens with zero attached hydrogens (tertiary/aromatic N) is 2. The molecule has 4 rings (SSSR count). The summed E-state index contributed by atoms with van der Waals surface area (Å²) in [5.41, 5.74) is 2.10. The standard InChI is InChI=1S/C21H21ClN2O4S/c22-18-3-1-2-4-20(18)29(26,27)24-12-10-23(11-13-24)21(25)8-6-16-5-7-19-17(15-16)9-14-28-19/h1-8,15H,9-14H2/b8-6+. The van der Waals surface area contributed by atoms with Gasteiger partial charge >= 0.3 is 0 Å². The predicted octanol–water partition coefficient (Wildman–Crippen LogP) is 2.82. The molecule has 0 unspecified atom stereocenters. The van der Waals surface area contributed by atoms with Crippen molar-refractivity contribution in [3.63, 3.8) is 0 Å². The van der Waals surface area contributed by atoms with E-state index in [-0.39, 0.29) is 28.9 Å². The Kier molecular flexibility index (Phi) is 5.63. The third kappa shape index (κ3) is 4.17. The van der Waals surface area contributed by atoms with Gasteiger partial charge in [-0.05, 0) is 41.5 Å². The molecular weight excluding hydrogens is 412 g/mol. The molecule has 0 aromatic heterocycles. The van der Waals surface area contributed by atoms with E-state index in [1.54, 1.807) is 29.2 Å². The highest BCUT2D eigenvalue weighted by Crippen LogP contribution is 2.27. The summed E-state index contributed by atoms with van der Waals surface area (Å²) >= 11 is 6.05. The van der Waals surface area contributed by atoms with E-state index in [9.17, 15) is 13.2 Å². The van der Waals surface area contributed by atoms with Crippen molar-refractivity contribution in [3.05, 3.63) is 64.7 Å². The van der Waals surface area contributed by atoms with Crippen LogP contribution in [0.25, 0.3) is 6.08 Å². The molecule has 0 atom stereocenters. The second-order valence-corrected chi connectivity index (χ2v) is 9.27. The van der Waals surface area contributed by atoms with Crippen LogP contribution in [-0.2, 0) is 21.2 Å². The van der Waals surface area contributed by atoms with Crippen molar-refractivity contribution in [2.45, 2.75) is 11.3 Å². The zero-order valence-electron chi connectivity index (χ0n) is 15.8. The van der Waals surface area contributed by atoms with E-state index < -0.39 is 10.0 Å². The summed E-state index contributed by atoms with van der Waals surface area (Å²) in [7, 11) is -3.67. The van der Waals surface area contributed by atoms with Crippen LogP contribution in [0.1, 0.15) is 11.1 Å². The maximum Gasteiger partial charge on any atom is 0.246 e. The van der Waals surface area contributed by atoms with Crippen molar-refractivity contribution in [1.82, 2.24) is 9.21 Å². The number of carbonyl (C=O) groups is 1. The molecule has 6 nitrogen and oxygen atoms in total. The molecule has 1 saturated heterocycles. The van der Waals surface area contributed by atoms with E-state index >= 15 is 0 Å². The van der Waals surface area contributed by atoms with Crippen LogP contribution in [0.4, 0.5) is 0 Å². The van der Waals surface area contributed by atoms with E-state index in [4.69, 9.17) is 16.3 Å². The largest absolute Gasteiger partial charge is 0.493 e. The molecule has 2 aromatic carbocycles. The summed E-state index contributed by atoms with van der Waals surface area (Å²) in [6, 6.07) is 12.3. The van der Waals surface area contributed by atoms with E-state index in [1.807, 2.05) is 18.2 Å². The van der Waals surface area contributed by atoms with E-state index in [0.29, 0.717) is 19.7 Å². The van der Waals surface area contributed by atoms with Crippen LogP contribution in [-0.4, -0.2) is 56.3 Å². The molecule has 1 amide bonds. The number of ether oxygens (including phenoxy) is 1. The third-order valence-corrected chi connectivity index (χ3v) is 7.54. The maximum absolute atomic E-state index is 12.8. The minimum atomic E-state index is -3.67. The van der Waals surface area contributed by atoms with Gasteiger partial charge < -0.3 is 9.64 Å². The summed E-state index contributed by atoms with van der Waals surface area (Å²) in [5.74, 6) is 0.779. The molecule has 2 aliphatic heterocycles. The van der Waals surface area contributed by atoms with E-state index in [1.165, 1.54) is 16.4 Å². The van der Waals surface area contributed by atoms with E-state index in [2.05, 4.69) is 0 Å². The minimum absolute atomic E-state index is 0.0990. The first-order chi connectivity index (χ1) is 13.9. The number of hydrogen-bond donors (Lipinski definition) is 0. The van der Waals surface area contributed by atoms with Gasteiger partial charge in [0.2, 0.25) is 15.9 Å². The van der Waals surface area contributed by atoms with Crippen molar-refractivity contribution < 1.29 is 17.9 Å². The second-order valence-electron chi connectivity index (χ2n) is 6.96. The average molecular weight is 433 g/mol. The fourth-order valence-corrected chi connectivity index (χ4v) is 5.44. The highest BCUT2D eigenvalue weighted by Gasteiger charge is 2.30. The van der Waals surface area contributed by atoms with Crippen LogP contribution in [0.15, 0.2) is 53.4 Å². The van der Waals surface area contributed by atoms with Crippen LogP contribution in [0.2, 0.25) is 5.02 Å². The van der Waals surface area contributed by atoms with Gasteiger partial charge in [0, 0.05) is 38.7 Å². The number of amides is 1. The molecule has 152 valence electrons. The number of halogens is 1. The lowest BCUT2D eigenvalue weighted by Crippen LogP contribution is -2.50. The molecule has 1 fully saturated rings. The summed E-state index contributed by atoms with van der Waals surface area (Å²) in [5, 5.41) is 0.202. The predicted molar refractivity (Wildman–Crippen MR) is 111 cm³/mol. The molecule has 2 heterocycles. The fourth-order valence-electron chi connectivity index (χ4n) is 3.52. The highest BCUT2D eigenvalue weighted by molar-refractivity contribution is 7.89. The SMILES string of the molecule is O=C(/C=C/c1ccc2c(c1)CCO2)N1CCN(S(=O)(=O)c2ccccc2Cl)CC1. The van der Waals surface area contributed by atoms with Crippen LogP contribution < -0.4 is 4.74 Å². The van der Waals surface area contributed by atoms with Gasteiger partial charge in [-0.25, -0.2) is 8.42 Å². The molecule has 0 aliphatic carbocycles. The van der Waals surface area contributed by atoms with Gasteiger partial charge in [0.25, 0.3) is 0 Å². The van der Waals surface area contributed by atoms with Crippen molar-refractivity contribution in [2.24, 2.45) is 0 Å². The summed E-state index contributed by atoms with van der Waals surface area (Å²) < 4.78 is 32.5. The molecule has 0 radical (unpaired) electrons. The zero-order chi connectivity index (χ0) is 20.4. The molecule has 0 spiro atoms. The Balaban J connectivity index is 1.38. The highest BCUT2D eigenvalue weighted by atomic mass is 35.5. The first-order valence-electron chi connectivity index (χ1n) is 9.42. The van der Waals surface area contributed by atoms with Crippen LogP contribution in [0.3, 0.4) is 0 Å². The molecular formula is C21H21ClN2O4S. The van der Waals surface area contributed by atoms with Crippen LogP contribution in [0, 0.1) is 0 Å². The lowest BCUT2D eigenvalue weighted by Gasteiger charge is -2.33. The Morgan fingerprint density at radius 1 is 1.07 bits per heavy atom. The quantitative estimate of drug-likeness (QED) is 0.697. The Labute approximate surface area is 175 Å². The number of sulfonamides is 1. The van der Waals surface area contributed by atoms with Crippen molar-refractivity contribution >= 4 is 33.6 Å². The number of piperazine rings is 1. The average Bonchev–Trinajstić information content (AvgIpc) is 3.20. The lowest BCUT2D eigenvalue weighted by atomic mass is 10.1. The summed E-state index contributed by atoms with van der Waals surface area (Å²) in [4.78, 5) is 14.3. The molecule has 0 saturated carbocycles. The number of hydrogen-bond acceptors (Lipinski definition) is 4. The summed E-state index contributed by atoms with van der Waals surface area (Å²) in [6.07, 6.45) is 4.20. The first-order valence-corrected chi connectivity index (χ1v) is 11.2. The Hall–Kier alpha value is -2.35. The number of benzene rings is 2. The van der Waals surface area contributed by atoms with Gasteiger partial charge in [0.1, 0.15) is 10.6 Å². The lowest BCUT2D eigenvalue weighted by molar-refractivity contribution is -0.127. The molecule has 8 heteroatoms. The second kappa shape index (κ2) is 8.18. The zero-order valence-corrected chi connectivity index (χ0v) is 17.3. The van der Waals surface area contributed by atoms with Crippen molar-refractivity contribution in [3.8, 4) is 5.75 Å². The molecule has 0 bridgehead atoms. The third-order valence-electron chi connectivity index (χ3n) is 5.14. The van der Waals surface area contributed by atoms with Crippen molar-refractivity contribution in [2.75, 3.05) is 32.8 Å². The van der Waals surface area contributed by atoms with Gasteiger partial charge in [0.15, 0.2) is 0 Å². The molecule has 2 aromatic rings. The van der Waals surface area contributed by atoms with Crippen LogP contribution >= 0.6 is 11.6 Å². The molecule has 29 heavy (non-hydrogen) atoms. The van der Waals surface area contributed by atoms with Gasteiger partial charge in [-0.15, -0.1) is 0 Å². The smallest absolute Gasteiger partial charge is 0.246 e. The van der Waals surface area contributed by atoms with Gasteiger partial charge in [0.05, 0.1) is 11.6 Å². The Bertz CT molecular complexity index is 1060. The summed E-state index contributed by atoms with van der Waals surface area (Å²) in [6.45, 7) is 1.85. The van der Waals surface area contributed by atoms with Gasteiger partial charge in [-0.2, -0.15) is 4.31 Å². The minimum Gasteiger partial charge on any atom is -0.493 e. The van der Waals surface area contributed by atoms with Gasteiger partial charge in [-0.1, -0.05) is 29.8 Å². The number of carbonyl (C=O) groups excluding carboxylic acids is 1. The normalized spacial score (nSPS) is 17.3. The van der Waals surface area contributed by atoms with Crippen LogP contribution in [0.5, 0.6) is 5.75 Å². The monoisotopic (exact) mass is 432 g/mol. The Morgan fingerprint density at radius 2 is 1.83 bits per heavy atom. The van der Waals surface area contributed by atoms with Gasteiger partial charge in [-0.3, -0.25) is 4.79 Å². The number of rotatable bonds is 4. The van der Waals surface area contributed by atoms with E-state index in [0.717, 1.165) is 23.3 Å². The number of fused-ring (bicyclic) bond motifs is 1. The molecule has 0 N–H and O–H groups in total. The first kappa shape index (κ1) is 19.9. The topological polar surface area (TPSA) is 66.9 Å². The van der Waals surface area contributed by atoms with Crippen molar-refractivity contribution in [1.29, 1.82) is 0 Å². The Morgan fingerprint density at radius 3 is 2.59 bits per heavy atom.